The minimum atomic E-state index is 0.0413. The van der Waals surface area contributed by atoms with E-state index in [-0.39, 0.29) is 5.43 Å². The van der Waals surface area contributed by atoms with Crippen LogP contribution in [0.5, 0.6) is 11.5 Å². The van der Waals surface area contributed by atoms with Crippen LogP contribution in [-0.4, -0.2) is 42.1 Å². The van der Waals surface area contributed by atoms with E-state index < -0.39 is 0 Å². The molecule has 0 aliphatic rings. The van der Waals surface area contributed by atoms with E-state index in [4.69, 9.17) is 9.47 Å². The van der Waals surface area contributed by atoms with E-state index in [0.717, 1.165) is 31.6 Å². The van der Waals surface area contributed by atoms with Crippen LogP contribution in [0.4, 0.5) is 0 Å². The molecule has 1 N–H and O–H groups in total. The van der Waals surface area contributed by atoms with Crippen molar-refractivity contribution in [1.82, 2.24) is 28.8 Å². The number of nitrogens with zero attached hydrogens (tertiary/aromatic N) is 5. The first-order valence-corrected chi connectivity index (χ1v) is 12.1. The second kappa shape index (κ2) is 11.6. The Balaban J connectivity index is 0.000000125. The minimum absolute atomic E-state index is 0.0413. The third kappa shape index (κ3) is 6.21. The molecule has 35 heavy (non-hydrogen) atoms. The van der Waals surface area contributed by atoms with Crippen molar-refractivity contribution in [3.05, 3.63) is 99.5 Å². The van der Waals surface area contributed by atoms with Crippen molar-refractivity contribution >= 4 is 39.1 Å². The fourth-order valence-electron chi connectivity index (χ4n) is 3.29. The van der Waals surface area contributed by atoms with E-state index in [1.807, 2.05) is 77.9 Å². The summed E-state index contributed by atoms with van der Waals surface area (Å²) in [5, 5.41) is 11.2. The summed E-state index contributed by atoms with van der Waals surface area (Å²) < 4.78 is 17.3. The number of aromatic amines is 1. The van der Waals surface area contributed by atoms with E-state index in [9.17, 15) is 4.79 Å². The quantitative estimate of drug-likeness (QED) is 0.304. The van der Waals surface area contributed by atoms with Crippen LogP contribution in [0.3, 0.4) is 0 Å². The Labute approximate surface area is 215 Å². The Bertz CT molecular complexity index is 1580. The number of hydrogen-bond donors (Lipinski definition) is 1. The molecule has 0 fully saturated rings. The highest BCUT2D eigenvalue weighted by atomic mass is 127. The van der Waals surface area contributed by atoms with E-state index >= 15 is 0 Å². The lowest BCUT2D eigenvalue weighted by molar-refractivity contribution is 0.340. The lowest BCUT2D eigenvalue weighted by Crippen LogP contribution is -1.98. The van der Waals surface area contributed by atoms with Gasteiger partial charge < -0.3 is 14.6 Å². The van der Waals surface area contributed by atoms with Crippen LogP contribution in [0.2, 0.25) is 0 Å². The normalized spacial score (nSPS) is 10.5. The minimum Gasteiger partial charge on any atom is -0.494 e. The number of nitrogens with one attached hydrogen (secondary N) is 1. The van der Waals surface area contributed by atoms with Gasteiger partial charge in [-0.15, -0.1) is 0 Å². The van der Waals surface area contributed by atoms with Gasteiger partial charge in [0, 0.05) is 55.2 Å². The molecule has 9 nitrogen and oxygen atoms in total. The molecule has 0 aliphatic carbocycles. The highest BCUT2D eigenvalue weighted by Gasteiger charge is 2.01. The van der Waals surface area contributed by atoms with Gasteiger partial charge in [0.05, 0.1) is 39.5 Å². The molecular formula is C25H25IN6O3. The summed E-state index contributed by atoms with van der Waals surface area (Å²) in [6, 6.07) is 14.7. The zero-order valence-electron chi connectivity index (χ0n) is 19.3. The summed E-state index contributed by atoms with van der Waals surface area (Å²) in [5.41, 5.74) is 3.08. The van der Waals surface area contributed by atoms with Gasteiger partial charge in [-0.2, -0.15) is 10.2 Å². The average molecular weight is 584 g/mol. The molecule has 0 atom stereocenters. The first-order chi connectivity index (χ1) is 17.1. The largest absolute Gasteiger partial charge is 0.494 e. The summed E-state index contributed by atoms with van der Waals surface area (Å²) in [6.45, 7) is 5.34. The van der Waals surface area contributed by atoms with Crippen molar-refractivity contribution < 1.29 is 9.47 Å². The fourth-order valence-corrected chi connectivity index (χ4v) is 3.82. The predicted octanol–water partition coefficient (Wildman–Crippen LogP) is 4.70. The topological polar surface area (TPSA) is 90.3 Å². The third-order valence-electron chi connectivity index (χ3n) is 4.86. The first kappa shape index (κ1) is 24.3. The Hall–Kier alpha value is -3.80. The van der Waals surface area contributed by atoms with E-state index in [1.54, 1.807) is 29.2 Å². The number of pyridine rings is 3. The smallest absolute Gasteiger partial charge is 0.182 e. The second-order valence-electron chi connectivity index (χ2n) is 7.23. The third-order valence-corrected chi connectivity index (χ3v) is 5.69. The molecule has 0 aliphatic heterocycles. The highest BCUT2D eigenvalue weighted by molar-refractivity contribution is 14.1. The summed E-state index contributed by atoms with van der Waals surface area (Å²) in [7, 11) is 0. The molecule has 0 radical (unpaired) electrons. The van der Waals surface area contributed by atoms with Crippen molar-refractivity contribution in [1.29, 1.82) is 0 Å². The number of rotatable bonds is 4. The van der Waals surface area contributed by atoms with Gasteiger partial charge in [-0.3, -0.25) is 9.31 Å². The van der Waals surface area contributed by atoms with Crippen LogP contribution in [-0.2, 0) is 0 Å². The molecule has 6 aromatic heterocycles. The standard InChI is InChI=1S/C9H9IN2O.C9H10N2O.C7H6N2O/c1-2-13-7-3-4-12-9(5-7)8(10)6-11-12;1-2-12-9-4-6-11-8(7-9)3-5-10-11;10-7-2-4-9-6(5-7)1-3-8-9/h3-6H,2H2,1H3;3-7H,2H2,1H3;1-5,8H. The van der Waals surface area contributed by atoms with E-state index in [1.165, 1.54) is 6.07 Å². The molecule has 0 saturated heterocycles. The van der Waals surface area contributed by atoms with Gasteiger partial charge in [0.2, 0.25) is 0 Å². The molecule has 0 spiro atoms. The van der Waals surface area contributed by atoms with Crippen LogP contribution < -0.4 is 14.9 Å². The molecule has 0 unspecified atom stereocenters. The van der Waals surface area contributed by atoms with Gasteiger partial charge in [0.15, 0.2) is 5.43 Å². The zero-order valence-corrected chi connectivity index (χ0v) is 21.5. The van der Waals surface area contributed by atoms with Crippen molar-refractivity contribution in [2.75, 3.05) is 13.2 Å². The SMILES string of the molecule is CCOc1ccn2ncc(I)c2c1.CCOc1ccn2nccc2c1.O=c1ccn2[nH]ccc2c1. The number of halogens is 1. The maximum absolute atomic E-state index is 10.8. The van der Waals surface area contributed by atoms with Gasteiger partial charge >= 0.3 is 0 Å². The predicted molar refractivity (Wildman–Crippen MR) is 143 cm³/mol. The molecule has 6 rings (SSSR count). The lowest BCUT2D eigenvalue weighted by Gasteiger charge is -2.02. The van der Waals surface area contributed by atoms with Crippen molar-refractivity contribution in [3.8, 4) is 11.5 Å². The Morgan fingerprint density at radius 3 is 2.37 bits per heavy atom. The van der Waals surface area contributed by atoms with Gasteiger partial charge in [0.25, 0.3) is 0 Å². The maximum Gasteiger partial charge on any atom is 0.182 e. The Morgan fingerprint density at radius 1 is 0.857 bits per heavy atom. The molecular weight excluding hydrogens is 559 g/mol. The summed E-state index contributed by atoms with van der Waals surface area (Å²) in [6.07, 6.45) is 10.9. The molecule has 180 valence electrons. The molecule has 0 amide bonds. The number of aromatic nitrogens is 6. The van der Waals surface area contributed by atoms with Gasteiger partial charge in [0.1, 0.15) is 11.5 Å². The van der Waals surface area contributed by atoms with E-state index in [2.05, 4.69) is 37.9 Å². The van der Waals surface area contributed by atoms with Gasteiger partial charge in [-0.05, 0) is 60.7 Å². The molecule has 6 heterocycles. The Morgan fingerprint density at radius 2 is 1.60 bits per heavy atom. The van der Waals surface area contributed by atoms with Gasteiger partial charge in [-0.1, -0.05) is 0 Å². The second-order valence-corrected chi connectivity index (χ2v) is 8.40. The van der Waals surface area contributed by atoms with Crippen LogP contribution in [0, 0.1) is 3.57 Å². The highest BCUT2D eigenvalue weighted by Crippen LogP contribution is 2.18. The number of H-pyrrole nitrogens is 1. The van der Waals surface area contributed by atoms with Crippen LogP contribution >= 0.6 is 22.6 Å². The average Bonchev–Trinajstić information content (AvgIpc) is 3.60. The maximum atomic E-state index is 10.8. The van der Waals surface area contributed by atoms with Crippen LogP contribution in [0.25, 0.3) is 16.6 Å². The van der Waals surface area contributed by atoms with E-state index in [0.29, 0.717) is 13.2 Å². The fraction of sp³-hybridized carbons (Fsp3) is 0.160. The number of ether oxygens (including phenoxy) is 2. The molecule has 0 aromatic carbocycles. The van der Waals surface area contributed by atoms with Crippen molar-refractivity contribution in [3.63, 3.8) is 0 Å². The molecule has 0 saturated carbocycles. The molecule has 0 bridgehead atoms. The van der Waals surface area contributed by atoms with Crippen LogP contribution in [0.15, 0.2) is 90.5 Å². The molecule has 6 aromatic rings. The van der Waals surface area contributed by atoms with Gasteiger partial charge in [-0.25, -0.2) is 9.03 Å². The summed E-state index contributed by atoms with van der Waals surface area (Å²) in [4.78, 5) is 10.8. The van der Waals surface area contributed by atoms with Crippen LogP contribution in [0.1, 0.15) is 13.8 Å². The van der Waals surface area contributed by atoms with Crippen molar-refractivity contribution in [2.24, 2.45) is 0 Å². The number of hydrogen-bond acceptors (Lipinski definition) is 5. The lowest BCUT2D eigenvalue weighted by atomic mass is 10.4. The number of fused-ring (bicyclic) bond motifs is 3. The summed E-state index contributed by atoms with van der Waals surface area (Å²) >= 11 is 2.26. The summed E-state index contributed by atoms with van der Waals surface area (Å²) in [5.74, 6) is 1.79. The monoisotopic (exact) mass is 584 g/mol. The Kier molecular flexibility index (Phi) is 8.03. The van der Waals surface area contributed by atoms with Crippen molar-refractivity contribution in [2.45, 2.75) is 13.8 Å². The first-order valence-electron chi connectivity index (χ1n) is 11.0. The zero-order chi connectivity index (χ0) is 24.6. The molecule has 10 heteroatoms.